The van der Waals surface area contributed by atoms with Crippen molar-refractivity contribution in [3.05, 3.63) is 58.4 Å². The largest absolute Gasteiger partial charge is 0.368 e. The van der Waals surface area contributed by atoms with Crippen LogP contribution in [0.25, 0.3) is 10.8 Å². The Morgan fingerprint density at radius 2 is 2.13 bits per heavy atom. The van der Waals surface area contributed by atoms with Crippen LogP contribution in [-0.2, 0) is 16.1 Å². The summed E-state index contributed by atoms with van der Waals surface area (Å²) >= 11 is 6.22. The van der Waals surface area contributed by atoms with E-state index in [4.69, 9.17) is 16.3 Å². The molecule has 158 valence electrons. The molecular weight excluding hydrogens is 407 g/mol. The molecule has 1 fully saturated rings. The number of hydrogen-bond donors (Lipinski definition) is 0. The zero-order valence-corrected chi connectivity index (χ0v) is 18.0. The Bertz CT molecular complexity index is 1100. The highest BCUT2D eigenvalue weighted by Crippen LogP contribution is 2.26. The third-order valence-corrected chi connectivity index (χ3v) is 6.12. The Kier molecular flexibility index (Phi) is 5.75. The highest BCUT2D eigenvalue weighted by Gasteiger charge is 2.29. The number of ether oxygens (including phenoxy) is 1. The van der Waals surface area contributed by atoms with Crippen molar-refractivity contribution in [3.8, 4) is 0 Å². The van der Waals surface area contributed by atoms with Crippen LogP contribution in [0.4, 0.5) is 4.39 Å². The third-order valence-electron chi connectivity index (χ3n) is 5.57. The Labute approximate surface area is 179 Å². The monoisotopic (exact) mass is 430 g/mol. The molecule has 4 rings (SSSR count). The number of morpholine rings is 1. The molecule has 3 heterocycles. The van der Waals surface area contributed by atoms with Crippen molar-refractivity contribution >= 4 is 28.3 Å². The molecule has 0 saturated carbocycles. The maximum absolute atomic E-state index is 13.6. The standard InChI is InChI=1S/C22H24ClFN4O2/c1-13(11-28-15(3)21(23)14(2)26-28)22(29)27-6-7-30-20(12-27)19-9-17-8-18(24)5-4-16(17)10-25-19/h4-5,8-10,13,20H,6-7,11-12H2,1-3H3. The van der Waals surface area contributed by atoms with Crippen molar-refractivity contribution in [2.24, 2.45) is 5.92 Å². The summed E-state index contributed by atoms with van der Waals surface area (Å²) < 4.78 is 21.2. The number of aryl methyl sites for hydroxylation is 1. The quantitative estimate of drug-likeness (QED) is 0.625. The van der Waals surface area contributed by atoms with Crippen molar-refractivity contribution < 1.29 is 13.9 Å². The number of nitrogens with zero attached hydrogens (tertiary/aromatic N) is 4. The molecular formula is C22H24ClFN4O2. The molecule has 1 aromatic carbocycles. The normalized spacial score (nSPS) is 18.0. The number of aromatic nitrogens is 3. The lowest BCUT2D eigenvalue weighted by Crippen LogP contribution is -2.45. The van der Waals surface area contributed by atoms with E-state index in [1.807, 2.05) is 31.7 Å². The second-order valence-corrected chi connectivity index (χ2v) is 8.19. The van der Waals surface area contributed by atoms with E-state index < -0.39 is 0 Å². The molecule has 30 heavy (non-hydrogen) atoms. The van der Waals surface area contributed by atoms with Crippen molar-refractivity contribution in [2.75, 3.05) is 19.7 Å². The minimum atomic E-state index is -0.342. The summed E-state index contributed by atoms with van der Waals surface area (Å²) in [6.07, 6.45) is 1.37. The fourth-order valence-corrected chi connectivity index (χ4v) is 3.97. The summed E-state index contributed by atoms with van der Waals surface area (Å²) in [5, 5.41) is 6.69. The highest BCUT2D eigenvalue weighted by atomic mass is 35.5. The molecule has 0 aliphatic carbocycles. The summed E-state index contributed by atoms with van der Waals surface area (Å²) in [6, 6.07) is 6.43. The van der Waals surface area contributed by atoms with Gasteiger partial charge in [-0.05, 0) is 43.5 Å². The number of benzene rings is 1. The van der Waals surface area contributed by atoms with Crippen LogP contribution >= 0.6 is 11.6 Å². The Balaban J connectivity index is 1.47. The smallest absolute Gasteiger partial charge is 0.227 e. The lowest BCUT2D eigenvalue weighted by Gasteiger charge is -2.34. The molecule has 2 unspecified atom stereocenters. The van der Waals surface area contributed by atoms with E-state index in [1.165, 1.54) is 12.1 Å². The minimum absolute atomic E-state index is 0.0406. The van der Waals surface area contributed by atoms with E-state index in [-0.39, 0.29) is 23.7 Å². The van der Waals surface area contributed by atoms with Gasteiger partial charge in [-0.2, -0.15) is 5.10 Å². The molecule has 1 saturated heterocycles. The van der Waals surface area contributed by atoms with Gasteiger partial charge in [0.25, 0.3) is 0 Å². The van der Waals surface area contributed by atoms with E-state index in [0.717, 1.165) is 22.2 Å². The van der Waals surface area contributed by atoms with Crippen molar-refractivity contribution in [3.63, 3.8) is 0 Å². The van der Waals surface area contributed by atoms with E-state index in [9.17, 15) is 9.18 Å². The second-order valence-electron chi connectivity index (χ2n) is 7.81. The van der Waals surface area contributed by atoms with Crippen LogP contribution in [0, 0.1) is 25.6 Å². The van der Waals surface area contributed by atoms with Crippen LogP contribution in [-0.4, -0.2) is 45.3 Å². The SMILES string of the molecule is Cc1nn(CC(C)C(=O)N2CCOC(c3cc4cc(F)ccc4cn3)C2)c(C)c1Cl. The molecule has 0 radical (unpaired) electrons. The van der Waals surface area contributed by atoms with Gasteiger partial charge in [-0.25, -0.2) is 4.39 Å². The molecule has 6 nitrogen and oxygen atoms in total. The predicted octanol–water partition coefficient (Wildman–Crippen LogP) is 4.08. The Morgan fingerprint density at radius 1 is 1.33 bits per heavy atom. The van der Waals surface area contributed by atoms with Gasteiger partial charge in [-0.3, -0.25) is 14.5 Å². The molecule has 1 aliphatic rings. The van der Waals surface area contributed by atoms with Gasteiger partial charge in [0.1, 0.15) is 11.9 Å². The summed E-state index contributed by atoms with van der Waals surface area (Å²) in [7, 11) is 0. The molecule has 1 aliphatic heterocycles. The molecule has 8 heteroatoms. The average molecular weight is 431 g/mol. The number of rotatable bonds is 4. The molecule has 0 bridgehead atoms. The zero-order chi connectivity index (χ0) is 21.4. The predicted molar refractivity (Wildman–Crippen MR) is 113 cm³/mol. The van der Waals surface area contributed by atoms with Gasteiger partial charge < -0.3 is 9.64 Å². The summed E-state index contributed by atoms with van der Waals surface area (Å²) in [5.41, 5.74) is 2.32. The lowest BCUT2D eigenvalue weighted by molar-refractivity contribution is -0.143. The Hall–Kier alpha value is -2.51. The first-order valence-corrected chi connectivity index (χ1v) is 10.4. The molecule has 0 spiro atoms. The number of carbonyl (C=O) groups is 1. The Morgan fingerprint density at radius 3 is 2.87 bits per heavy atom. The molecule has 2 atom stereocenters. The maximum atomic E-state index is 13.6. The summed E-state index contributed by atoms with van der Waals surface area (Å²) in [6.45, 7) is 7.49. The van der Waals surface area contributed by atoms with Crippen molar-refractivity contribution in [2.45, 2.75) is 33.4 Å². The lowest BCUT2D eigenvalue weighted by atomic mass is 10.1. The van der Waals surface area contributed by atoms with E-state index >= 15 is 0 Å². The number of hydrogen-bond acceptors (Lipinski definition) is 4. The van der Waals surface area contributed by atoms with Gasteiger partial charge in [-0.1, -0.05) is 18.5 Å². The van der Waals surface area contributed by atoms with Gasteiger partial charge in [0.05, 0.1) is 47.7 Å². The maximum Gasteiger partial charge on any atom is 0.227 e. The number of carbonyl (C=O) groups excluding carboxylic acids is 1. The second kappa shape index (κ2) is 8.32. The van der Waals surface area contributed by atoms with Crippen LogP contribution in [0.1, 0.15) is 30.1 Å². The van der Waals surface area contributed by atoms with Gasteiger partial charge in [0.15, 0.2) is 0 Å². The first-order valence-electron chi connectivity index (χ1n) is 9.98. The van der Waals surface area contributed by atoms with Crippen LogP contribution in [0.3, 0.4) is 0 Å². The fraction of sp³-hybridized carbons (Fsp3) is 0.409. The summed E-state index contributed by atoms with van der Waals surface area (Å²) in [5.74, 6) is -0.505. The number of fused-ring (bicyclic) bond motifs is 1. The van der Waals surface area contributed by atoms with E-state index in [1.54, 1.807) is 16.9 Å². The van der Waals surface area contributed by atoms with Gasteiger partial charge >= 0.3 is 0 Å². The first-order chi connectivity index (χ1) is 14.3. The van der Waals surface area contributed by atoms with Crippen molar-refractivity contribution in [1.82, 2.24) is 19.7 Å². The number of halogens is 2. The minimum Gasteiger partial charge on any atom is -0.368 e. The number of pyridine rings is 1. The van der Waals surface area contributed by atoms with Crippen LogP contribution in [0.5, 0.6) is 0 Å². The highest BCUT2D eigenvalue weighted by molar-refractivity contribution is 6.31. The van der Waals surface area contributed by atoms with Gasteiger partial charge in [-0.15, -0.1) is 0 Å². The molecule has 2 aromatic heterocycles. The van der Waals surface area contributed by atoms with Gasteiger partial charge in [0.2, 0.25) is 5.91 Å². The van der Waals surface area contributed by atoms with Crippen LogP contribution in [0.15, 0.2) is 30.5 Å². The fourth-order valence-electron chi connectivity index (χ4n) is 3.84. The van der Waals surface area contributed by atoms with E-state index in [2.05, 4.69) is 10.1 Å². The average Bonchev–Trinajstić information content (AvgIpc) is 2.99. The molecule has 3 aromatic rings. The topological polar surface area (TPSA) is 60.2 Å². The first kappa shape index (κ1) is 20.8. The molecule has 0 N–H and O–H groups in total. The zero-order valence-electron chi connectivity index (χ0n) is 17.2. The summed E-state index contributed by atoms with van der Waals surface area (Å²) in [4.78, 5) is 19.4. The van der Waals surface area contributed by atoms with Crippen molar-refractivity contribution in [1.29, 1.82) is 0 Å². The van der Waals surface area contributed by atoms with E-state index in [0.29, 0.717) is 37.0 Å². The van der Waals surface area contributed by atoms with Crippen LogP contribution in [0.2, 0.25) is 5.02 Å². The number of amides is 1. The van der Waals surface area contributed by atoms with Crippen LogP contribution < -0.4 is 0 Å². The third kappa shape index (κ3) is 4.04. The van der Waals surface area contributed by atoms with Gasteiger partial charge in [0, 0.05) is 18.1 Å². The molecule has 1 amide bonds.